The summed E-state index contributed by atoms with van der Waals surface area (Å²) in [4.78, 5) is 16.0. The van der Waals surface area contributed by atoms with Gasteiger partial charge in [0.2, 0.25) is 0 Å². The van der Waals surface area contributed by atoms with Crippen LogP contribution in [0, 0.1) is 0 Å². The first-order valence-corrected chi connectivity index (χ1v) is 7.82. The minimum Gasteiger partial charge on any atom is -0.497 e. The zero-order valence-corrected chi connectivity index (χ0v) is 13.6. The van der Waals surface area contributed by atoms with Crippen LogP contribution in [0.5, 0.6) is 5.75 Å². The fraction of sp³-hybridized carbons (Fsp3) is 0.111. The highest BCUT2D eigenvalue weighted by molar-refractivity contribution is 7.19. The van der Waals surface area contributed by atoms with Crippen molar-refractivity contribution in [3.8, 4) is 5.75 Å². The van der Waals surface area contributed by atoms with Crippen molar-refractivity contribution < 1.29 is 14.3 Å². The third-order valence-electron chi connectivity index (χ3n) is 3.36. The largest absolute Gasteiger partial charge is 0.497 e. The number of hydrogen-bond acceptors (Lipinski definition) is 5. The summed E-state index contributed by atoms with van der Waals surface area (Å²) < 4.78 is 11.0. The second-order valence-electron chi connectivity index (χ2n) is 4.83. The number of nitrogens with zero attached hydrogens (tertiary/aromatic N) is 1. The van der Waals surface area contributed by atoms with Crippen molar-refractivity contribution in [2.75, 3.05) is 14.2 Å². The highest BCUT2D eigenvalue weighted by Gasteiger charge is 2.04. The van der Waals surface area contributed by atoms with Crippen molar-refractivity contribution in [3.05, 3.63) is 58.6 Å². The molecule has 0 N–H and O–H groups in total. The Hall–Kier alpha value is -2.66. The fourth-order valence-electron chi connectivity index (χ4n) is 2.14. The summed E-state index contributed by atoms with van der Waals surface area (Å²) in [7, 11) is 3.03. The van der Waals surface area contributed by atoms with Crippen LogP contribution < -0.4 is 4.74 Å². The molecule has 3 rings (SSSR count). The van der Waals surface area contributed by atoms with Crippen LogP contribution in [0.3, 0.4) is 0 Å². The van der Waals surface area contributed by atoms with Crippen LogP contribution in [0.2, 0.25) is 0 Å². The van der Waals surface area contributed by atoms with Gasteiger partial charge in [-0.05, 0) is 42.0 Å². The molecule has 23 heavy (non-hydrogen) atoms. The summed E-state index contributed by atoms with van der Waals surface area (Å²) in [5.74, 6) is 0.496. The van der Waals surface area contributed by atoms with Gasteiger partial charge in [0.1, 0.15) is 10.8 Å². The molecule has 1 aromatic heterocycles. The van der Waals surface area contributed by atoms with Crippen molar-refractivity contribution in [1.29, 1.82) is 0 Å². The molecule has 0 fully saturated rings. The van der Waals surface area contributed by atoms with E-state index in [0.29, 0.717) is 5.56 Å². The van der Waals surface area contributed by atoms with Gasteiger partial charge < -0.3 is 9.47 Å². The summed E-state index contributed by atoms with van der Waals surface area (Å²) in [6, 6.07) is 13.1. The molecule has 3 aromatic rings. The van der Waals surface area contributed by atoms with E-state index >= 15 is 0 Å². The molecule has 0 unspecified atom stereocenters. The smallest absolute Gasteiger partial charge is 0.337 e. The normalized spacial score (nSPS) is 11.0. The lowest BCUT2D eigenvalue weighted by molar-refractivity contribution is 0.0600. The lowest BCUT2D eigenvalue weighted by Crippen LogP contribution is -2.00. The lowest BCUT2D eigenvalue weighted by Gasteiger charge is -1.98. The molecule has 2 aromatic carbocycles. The molecule has 0 spiro atoms. The van der Waals surface area contributed by atoms with Gasteiger partial charge in [-0.2, -0.15) is 0 Å². The van der Waals surface area contributed by atoms with E-state index in [9.17, 15) is 4.79 Å². The van der Waals surface area contributed by atoms with Gasteiger partial charge in [0, 0.05) is 0 Å². The Kier molecular flexibility index (Phi) is 4.39. The molecule has 0 aliphatic heterocycles. The van der Waals surface area contributed by atoms with Crippen LogP contribution in [-0.4, -0.2) is 25.2 Å². The SMILES string of the molecule is COC(=O)c1ccc(/C=C/c2nc3ccc(OC)cc3s2)cc1. The molecule has 5 heteroatoms. The molecule has 1 heterocycles. The van der Waals surface area contributed by atoms with E-state index in [1.165, 1.54) is 7.11 Å². The van der Waals surface area contributed by atoms with Crippen LogP contribution in [0.4, 0.5) is 0 Å². The Balaban J connectivity index is 1.80. The van der Waals surface area contributed by atoms with Crippen LogP contribution >= 0.6 is 11.3 Å². The molecule has 0 saturated heterocycles. The monoisotopic (exact) mass is 325 g/mol. The molecule has 0 bridgehead atoms. The van der Waals surface area contributed by atoms with Gasteiger partial charge in [0.25, 0.3) is 0 Å². The molecule has 0 saturated carbocycles. The van der Waals surface area contributed by atoms with E-state index in [4.69, 9.17) is 4.74 Å². The minimum atomic E-state index is -0.333. The highest BCUT2D eigenvalue weighted by Crippen LogP contribution is 2.27. The standard InChI is InChI=1S/C18H15NO3S/c1-21-14-8-9-15-16(11-14)23-17(19-15)10-5-12-3-6-13(7-4-12)18(20)22-2/h3-11H,1-2H3/b10-5+. The topological polar surface area (TPSA) is 48.4 Å². The number of methoxy groups -OCH3 is 2. The van der Waals surface area contributed by atoms with E-state index in [1.54, 1.807) is 30.6 Å². The number of ether oxygens (including phenoxy) is 2. The van der Waals surface area contributed by atoms with E-state index < -0.39 is 0 Å². The number of carbonyl (C=O) groups is 1. The third-order valence-corrected chi connectivity index (χ3v) is 4.35. The quantitative estimate of drug-likeness (QED) is 0.672. The first-order chi connectivity index (χ1) is 11.2. The number of fused-ring (bicyclic) bond motifs is 1. The molecule has 0 aliphatic rings. The van der Waals surface area contributed by atoms with Crippen molar-refractivity contribution >= 4 is 39.7 Å². The van der Waals surface area contributed by atoms with Crippen molar-refractivity contribution in [2.24, 2.45) is 0 Å². The van der Waals surface area contributed by atoms with Crippen LogP contribution in [0.25, 0.3) is 22.4 Å². The van der Waals surface area contributed by atoms with Gasteiger partial charge in [0.05, 0.1) is 30.0 Å². The van der Waals surface area contributed by atoms with Gasteiger partial charge in [-0.1, -0.05) is 18.2 Å². The summed E-state index contributed by atoms with van der Waals surface area (Å²) in [6.07, 6.45) is 3.93. The molecule has 0 amide bonds. The summed E-state index contributed by atoms with van der Waals surface area (Å²) in [5.41, 5.74) is 2.49. The molecular formula is C18H15NO3S. The maximum absolute atomic E-state index is 11.4. The van der Waals surface area contributed by atoms with Gasteiger partial charge in [-0.15, -0.1) is 11.3 Å². The first-order valence-electron chi connectivity index (χ1n) is 7.00. The van der Waals surface area contributed by atoms with Crippen molar-refractivity contribution in [1.82, 2.24) is 4.98 Å². The van der Waals surface area contributed by atoms with Crippen molar-refractivity contribution in [2.45, 2.75) is 0 Å². The Morgan fingerprint density at radius 2 is 1.87 bits per heavy atom. The van der Waals surface area contributed by atoms with Gasteiger partial charge in [-0.3, -0.25) is 0 Å². The maximum atomic E-state index is 11.4. The Morgan fingerprint density at radius 1 is 1.09 bits per heavy atom. The highest BCUT2D eigenvalue weighted by atomic mass is 32.1. The summed E-state index contributed by atoms with van der Waals surface area (Å²) >= 11 is 1.61. The lowest BCUT2D eigenvalue weighted by atomic mass is 10.1. The Bertz CT molecular complexity index is 866. The molecule has 0 atom stereocenters. The van der Waals surface area contributed by atoms with Gasteiger partial charge in [-0.25, -0.2) is 9.78 Å². The summed E-state index contributed by atoms with van der Waals surface area (Å²) in [5, 5.41) is 0.922. The van der Waals surface area contributed by atoms with Gasteiger partial charge >= 0.3 is 5.97 Å². The van der Waals surface area contributed by atoms with E-state index in [1.807, 2.05) is 42.5 Å². The number of hydrogen-bond donors (Lipinski definition) is 0. The molecule has 0 radical (unpaired) electrons. The predicted molar refractivity (Wildman–Crippen MR) is 92.9 cm³/mol. The minimum absolute atomic E-state index is 0.333. The Morgan fingerprint density at radius 3 is 2.57 bits per heavy atom. The number of carbonyl (C=O) groups excluding carboxylic acids is 1. The van der Waals surface area contributed by atoms with E-state index in [2.05, 4.69) is 9.72 Å². The van der Waals surface area contributed by atoms with Crippen LogP contribution in [0.1, 0.15) is 20.9 Å². The van der Waals surface area contributed by atoms with Gasteiger partial charge in [0.15, 0.2) is 0 Å². The van der Waals surface area contributed by atoms with Crippen molar-refractivity contribution in [3.63, 3.8) is 0 Å². The zero-order chi connectivity index (χ0) is 16.2. The molecule has 0 aliphatic carbocycles. The van der Waals surface area contributed by atoms with Crippen LogP contribution in [-0.2, 0) is 4.74 Å². The average Bonchev–Trinajstić information content (AvgIpc) is 3.01. The number of rotatable bonds is 4. The number of thiazole rings is 1. The third kappa shape index (κ3) is 3.40. The Labute approximate surface area is 138 Å². The number of esters is 1. The first kappa shape index (κ1) is 15.2. The fourth-order valence-corrected chi connectivity index (χ4v) is 3.04. The zero-order valence-electron chi connectivity index (χ0n) is 12.8. The second kappa shape index (κ2) is 6.62. The summed E-state index contributed by atoms with van der Waals surface area (Å²) in [6.45, 7) is 0. The molecule has 116 valence electrons. The number of benzene rings is 2. The molecular weight excluding hydrogens is 310 g/mol. The average molecular weight is 325 g/mol. The molecule has 4 nitrogen and oxygen atoms in total. The predicted octanol–water partition coefficient (Wildman–Crippen LogP) is 4.26. The van der Waals surface area contributed by atoms with E-state index in [0.717, 1.165) is 26.5 Å². The van der Waals surface area contributed by atoms with Crippen LogP contribution in [0.15, 0.2) is 42.5 Å². The number of aromatic nitrogens is 1. The maximum Gasteiger partial charge on any atom is 0.337 e. The van der Waals surface area contributed by atoms with E-state index in [-0.39, 0.29) is 5.97 Å². The second-order valence-corrected chi connectivity index (χ2v) is 5.89.